The van der Waals surface area contributed by atoms with E-state index in [1.165, 1.54) is 64.3 Å². The molecule has 1 aliphatic rings. The molecule has 0 saturated carbocycles. The molecule has 3 heteroatoms. The first-order chi connectivity index (χ1) is 27.5. The fraction of sp³-hybridized carbons (Fsp3) is 0.0566. The van der Waals surface area contributed by atoms with Gasteiger partial charge >= 0.3 is 0 Å². The number of fused-ring (bicyclic) bond motifs is 7. The van der Waals surface area contributed by atoms with E-state index < -0.39 is 0 Å². The lowest BCUT2D eigenvalue weighted by Crippen LogP contribution is -2.14. The molecule has 8 aromatic carbocycles. The third-order valence-corrected chi connectivity index (χ3v) is 12.8. The van der Waals surface area contributed by atoms with Gasteiger partial charge in [0.15, 0.2) is 5.82 Å². The summed E-state index contributed by atoms with van der Waals surface area (Å²) in [6.45, 7) is 4.66. The first-order valence-electron chi connectivity index (χ1n) is 19.2. The maximum atomic E-state index is 5.34. The smallest absolute Gasteiger partial charge is 0.160 e. The van der Waals surface area contributed by atoms with E-state index in [4.69, 9.17) is 9.97 Å². The lowest BCUT2D eigenvalue weighted by atomic mass is 9.82. The lowest BCUT2D eigenvalue weighted by Gasteiger charge is -2.22. The maximum absolute atomic E-state index is 5.34. The van der Waals surface area contributed by atoms with E-state index in [1.807, 2.05) is 17.4 Å². The fourth-order valence-corrected chi connectivity index (χ4v) is 9.89. The van der Waals surface area contributed by atoms with Crippen LogP contribution in [0.4, 0.5) is 0 Å². The van der Waals surface area contributed by atoms with E-state index in [1.54, 1.807) is 0 Å². The molecule has 0 saturated heterocycles. The minimum absolute atomic E-state index is 0.114. The van der Waals surface area contributed by atoms with Gasteiger partial charge in [-0.2, -0.15) is 0 Å². The maximum Gasteiger partial charge on any atom is 0.160 e. The van der Waals surface area contributed by atoms with Gasteiger partial charge in [-0.25, -0.2) is 9.97 Å². The molecule has 0 unspecified atom stereocenters. The zero-order chi connectivity index (χ0) is 37.4. The average molecular weight is 733 g/mol. The van der Waals surface area contributed by atoms with Gasteiger partial charge in [0.1, 0.15) is 0 Å². The van der Waals surface area contributed by atoms with E-state index >= 15 is 0 Å². The van der Waals surface area contributed by atoms with E-state index in [9.17, 15) is 0 Å². The molecule has 0 fully saturated rings. The van der Waals surface area contributed by atoms with Crippen molar-refractivity contribution in [3.05, 3.63) is 193 Å². The second kappa shape index (κ2) is 12.7. The van der Waals surface area contributed by atoms with Gasteiger partial charge in [0.05, 0.1) is 11.4 Å². The molecule has 0 bridgehead atoms. The predicted octanol–water partition coefficient (Wildman–Crippen LogP) is 14.6. The van der Waals surface area contributed by atoms with Gasteiger partial charge < -0.3 is 0 Å². The summed E-state index contributed by atoms with van der Waals surface area (Å²) in [7, 11) is 0. The molecule has 0 amide bonds. The normalized spacial score (nSPS) is 13.0. The van der Waals surface area contributed by atoms with Crippen LogP contribution in [0.2, 0.25) is 0 Å². The quantitative estimate of drug-likeness (QED) is 0.176. The first kappa shape index (κ1) is 32.7. The minimum atomic E-state index is -0.114. The van der Waals surface area contributed by atoms with Crippen LogP contribution < -0.4 is 0 Å². The number of hydrogen-bond donors (Lipinski definition) is 0. The van der Waals surface area contributed by atoms with E-state index in [-0.39, 0.29) is 5.41 Å². The molecular formula is C53H36N2S. The third kappa shape index (κ3) is 5.31. The lowest BCUT2D eigenvalue weighted by molar-refractivity contribution is 0.660. The van der Waals surface area contributed by atoms with Gasteiger partial charge in [0, 0.05) is 42.3 Å². The van der Waals surface area contributed by atoms with Crippen molar-refractivity contribution in [2.24, 2.45) is 0 Å². The molecule has 56 heavy (non-hydrogen) atoms. The van der Waals surface area contributed by atoms with Crippen LogP contribution in [-0.4, -0.2) is 9.97 Å². The summed E-state index contributed by atoms with van der Waals surface area (Å²) in [5, 5.41) is 5.04. The van der Waals surface area contributed by atoms with Crippen molar-refractivity contribution in [1.29, 1.82) is 0 Å². The topological polar surface area (TPSA) is 25.8 Å². The van der Waals surface area contributed by atoms with Gasteiger partial charge in [0.25, 0.3) is 0 Å². The molecule has 0 spiro atoms. The third-order valence-electron chi connectivity index (χ3n) is 11.7. The second-order valence-electron chi connectivity index (χ2n) is 15.4. The van der Waals surface area contributed by atoms with Crippen LogP contribution in [0.5, 0.6) is 0 Å². The van der Waals surface area contributed by atoms with Crippen molar-refractivity contribution in [1.82, 2.24) is 9.97 Å². The zero-order valence-corrected chi connectivity index (χ0v) is 31.9. The number of benzene rings is 8. The van der Waals surface area contributed by atoms with Crippen LogP contribution >= 0.6 is 11.3 Å². The number of thiophene rings is 1. The van der Waals surface area contributed by atoms with Crippen molar-refractivity contribution >= 4 is 42.3 Å². The highest BCUT2D eigenvalue weighted by Crippen LogP contribution is 2.49. The molecule has 11 rings (SSSR count). The molecule has 264 valence electrons. The van der Waals surface area contributed by atoms with Gasteiger partial charge in [-0.1, -0.05) is 147 Å². The van der Waals surface area contributed by atoms with Crippen molar-refractivity contribution < 1.29 is 0 Å². The van der Waals surface area contributed by atoms with Crippen LogP contribution in [0.15, 0.2) is 182 Å². The Hall–Kier alpha value is -6.68. The average Bonchev–Trinajstić information content (AvgIpc) is 3.74. The van der Waals surface area contributed by atoms with Crippen LogP contribution in [0.1, 0.15) is 25.0 Å². The van der Waals surface area contributed by atoms with Gasteiger partial charge in [-0.3, -0.25) is 0 Å². The highest BCUT2D eigenvalue weighted by Gasteiger charge is 2.35. The summed E-state index contributed by atoms with van der Waals surface area (Å²) in [5.41, 5.74) is 14.8. The van der Waals surface area contributed by atoms with E-state index in [2.05, 4.69) is 190 Å². The molecule has 2 heterocycles. The zero-order valence-electron chi connectivity index (χ0n) is 31.1. The summed E-state index contributed by atoms with van der Waals surface area (Å²) in [4.78, 5) is 10.6. The van der Waals surface area contributed by atoms with Crippen molar-refractivity contribution in [2.75, 3.05) is 0 Å². The summed E-state index contributed by atoms with van der Waals surface area (Å²) >= 11 is 1.85. The molecule has 0 radical (unpaired) electrons. The number of hydrogen-bond acceptors (Lipinski definition) is 3. The number of rotatable bonds is 5. The Morgan fingerprint density at radius 3 is 1.91 bits per heavy atom. The fourth-order valence-electron chi connectivity index (χ4n) is 8.80. The highest BCUT2D eigenvalue weighted by molar-refractivity contribution is 7.25. The molecule has 0 aliphatic heterocycles. The van der Waals surface area contributed by atoms with Gasteiger partial charge in [-0.05, 0) is 104 Å². The van der Waals surface area contributed by atoms with Crippen LogP contribution in [0.3, 0.4) is 0 Å². The van der Waals surface area contributed by atoms with Crippen LogP contribution in [0, 0.1) is 0 Å². The van der Waals surface area contributed by atoms with Gasteiger partial charge in [-0.15, -0.1) is 11.3 Å². The largest absolute Gasteiger partial charge is 0.228 e. The Balaban J connectivity index is 1.14. The monoisotopic (exact) mass is 732 g/mol. The Bertz CT molecular complexity index is 3170. The summed E-state index contributed by atoms with van der Waals surface area (Å²) in [6.07, 6.45) is 0. The van der Waals surface area contributed by atoms with Crippen LogP contribution in [-0.2, 0) is 5.41 Å². The molecule has 0 N–H and O–H groups in total. The Morgan fingerprint density at radius 1 is 0.375 bits per heavy atom. The minimum Gasteiger partial charge on any atom is -0.228 e. The molecule has 2 nitrogen and oxygen atoms in total. The standard InChI is InChI=1S/C53H36N2S/c1-53(2)46-21-10-8-18-42(46)43-25-23-36(31-47(43)53)48-32-49(55-52(54-48)34-14-4-3-5-15-34)39-28-37(27-38(29-39)41-20-12-16-33-13-6-7-17-40(33)41)35-24-26-51-45(30-35)44-19-9-11-22-50(44)56-51/h3-32H,1-2H3. The molecular weight excluding hydrogens is 697 g/mol. The van der Waals surface area contributed by atoms with Crippen molar-refractivity contribution in [3.63, 3.8) is 0 Å². The second-order valence-corrected chi connectivity index (χ2v) is 16.5. The van der Waals surface area contributed by atoms with E-state index in [0.29, 0.717) is 5.82 Å². The summed E-state index contributed by atoms with van der Waals surface area (Å²) in [5.74, 6) is 0.712. The molecule has 1 aliphatic carbocycles. The number of aromatic nitrogens is 2. The Morgan fingerprint density at radius 2 is 1.02 bits per heavy atom. The summed E-state index contributed by atoms with van der Waals surface area (Å²) in [6, 6.07) is 66.1. The molecule has 2 aromatic heterocycles. The highest BCUT2D eigenvalue weighted by atomic mass is 32.1. The van der Waals surface area contributed by atoms with Crippen molar-refractivity contribution in [2.45, 2.75) is 19.3 Å². The molecule has 0 atom stereocenters. The SMILES string of the molecule is CC1(C)c2ccccc2-c2ccc(-c3cc(-c4cc(-c5ccc6sc7ccccc7c6c5)cc(-c5cccc6ccccc56)c4)nc(-c4ccccc4)n3)cc21. The number of nitrogens with zero attached hydrogens (tertiary/aromatic N) is 2. The van der Waals surface area contributed by atoms with Crippen LogP contribution in [0.25, 0.3) is 98.2 Å². The van der Waals surface area contributed by atoms with Crippen molar-refractivity contribution in [3.8, 4) is 67.3 Å². The molecule has 10 aromatic rings. The first-order valence-corrected chi connectivity index (χ1v) is 20.0. The van der Waals surface area contributed by atoms with Gasteiger partial charge in [0.2, 0.25) is 0 Å². The van der Waals surface area contributed by atoms with E-state index in [0.717, 1.165) is 39.2 Å². The Kier molecular flexibility index (Phi) is 7.42. The Labute approximate surface area is 330 Å². The predicted molar refractivity (Wildman–Crippen MR) is 237 cm³/mol. The summed E-state index contributed by atoms with van der Waals surface area (Å²) < 4.78 is 2.61.